The van der Waals surface area contributed by atoms with Crippen LogP contribution in [0.5, 0.6) is 0 Å². The number of nitrogens with one attached hydrogen (secondary N) is 1. The van der Waals surface area contributed by atoms with Crippen molar-refractivity contribution in [1.82, 2.24) is 10.3 Å². The van der Waals surface area contributed by atoms with E-state index in [0.717, 1.165) is 30.2 Å². The summed E-state index contributed by atoms with van der Waals surface area (Å²) in [5, 5.41) is 3.62. The molecule has 1 aromatic heterocycles. The fourth-order valence-corrected chi connectivity index (χ4v) is 3.21. The van der Waals surface area contributed by atoms with Gasteiger partial charge in [0.25, 0.3) is 6.01 Å². The molecule has 2 unspecified atom stereocenters. The van der Waals surface area contributed by atoms with E-state index in [-0.39, 0.29) is 0 Å². The Morgan fingerprint density at radius 1 is 1.38 bits per heavy atom. The normalized spacial score (nSPS) is 20.9. The van der Waals surface area contributed by atoms with Crippen LogP contribution < -0.4 is 10.2 Å². The molecule has 0 radical (unpaired) electrons. The molecule has 0 aliphatic carbocycles. The summed E-state index contributed by atoms with van der Waals surface area (Å²) in [6.07, 6.45) is 4.88. The maximum atomic E-state index is 5.98. The number of para-hydroxylation sites is 2. The Hall–Kier alpha value is -1.55. The summed E-state index contributed by atoms with van der Waals surface area (Å²) in [5.74, 6) is 0. The summed E-state index contributed by atoms with van der Waals surface area (Å²) >= 11 is 0. The van der Waals surface area contributed by atoms with E-state index in [9.17, 15) is 0 Å². The van der Waals surface area contributed by atoms with Crippen molar-refractivity contribution in [2.75, 3.05) is 18.0 Å². The number of rotatable bonds is 5. The lowest BCUT2D eigenvalue weighted by atomic mass is 9.97. The molecule has 1 saturated heterocycles. The van der Waals surface area contributed by atoms with Crippen molar-refractivity contribution < 1.29 is 4.42 Å². The van der Waals surface area contributed by atoms with E-state index >= 15 is 0 Å². The molecule has 1 aliphatic rings. The molecule has 1 aromatic carbocycles. The SMILES string of the molecule is CCCNC(C)C1CCCCN1c1nc2ccccc2o1. The van der Waals surface area contributed by atoms with Crippen LogP contribution in [0.1, 0.15) is 39.5 Å². The Morgan fingerprint density at radius 2 is 2.24 bits per heavy atom. The fourth-order valence-electron chi connectivity index (χ4n) is 3.21. The Kier molecular flexibility index (Phi) is 4.44. The molecule has 114 valence electrons. The molecule has 3 rings (SSSR count). The predicted molar refractivity (Wildman–Crippen MR) is 86.7 cm³/mol. The highest BCUT2D eigenvalue weighted by Gasteiger charge is 2.30. The van der Waals surface area contributed by atoms with Crippen molar-refractivity contribution in [2.45, 2.75) is 51.6 Å². The molecule has 0 amide bonds. The molecular formula is C17H25N3O. The zero-order valence-corrected chi connectivity index (χ0v) is 13.0. The summed E-state index contributed by atoms with van der Waals surface area (Å²) in [7, 11) is 0. The Bertz CT molecular complexity index is 547. The first kappa shape index (κ1) is 14.4. The van der Waals surface area contributed by atoms with Gasteiger partial charge in [-0.1, -0.05) is 19.1 Å². The van der Waals surface area contributed by atoms with Gasteiger partial charge in [0.1, 0.15) is 5.52 Å². The third kappa shape index (κ3) is 3.05. The van der Waals surface area contributed by atoms with Gasteiger partial charge in [-0.05, 0) is 51.3 Å². The predicted octanol–water partition coefficient (Wildman–Crippen LogP) is 3.57. The van der Waals surface area contributed by atoms with Crippen LogP contribution in [0.15, 0.2) is 28.7 Å². The molecule has 2 atom stereocenters. The van der Waals surface area contributed by atoms with E-state index in [2.05, 4.69) is 29.0 Å². The number of benzene rings is 1. The minimum atomic E-state index is 0.459. The average Bonchev–Trinajstić information content (AvgIpc) is 2.96. The number of oxazole rings is 1. The van der Waals surface area contributed by atoms with E-state index in [0.29, 0.717) is 12.1 Å². The van der Waals surface area contributed by atoms with Crippen LogP contribution in [0, 0.1) is 0 Å². The molecule has 0 saturated carbocycles. The van der Waals surface area contributed by atoms with Gasteiger partial charge in [0.2, 0.25) is 0 Å². The first-order chi connectivity index (χ1) is 10.3. The van der Waals surface area contributed by atoms with Gasteiger partial charge in [-0.3, -0.25) is 0 Å². The largest absolute Gasteiger partial charge is 0.423 e. The highest BCUT2D eigenvalue weighted by molar-refractivity contribution is 5.74. The zero-order chi connectivity index (χ0) is 14.7. The third-order valence-electron chi connectivity index (χ3n) is 4.37. The molecule has 2 heterocycles. The number of fused-ring (bicyclic) bond motifs is 1. The van der Waals surface area contributed by atoms with Crippen LogP contribution in [0.4, 0.5) is 6.01 Å². The minimum Gasteiger partial charge on any atom is -0.423 e. The minimum absolute atomic E-state index is 0.459. The molecule has 1 aliphatic heterocycles. The van der Waals surface area contributed by atoms with E-state index in [1.54, 1.807) is 0 Å². The number of hydrogen-bond donors (Lipinski definition) is 1. The monoisotopic (exact) mass is 287 g/mol. The summed E-state index contributed by atoms with van der Waals surface area (Å²) in [4.78, 5) is 7.04. The van der Waals surface area contributed by atoms with Gasteiger partial charge in [0.15, 0.2) is 5.58 Å². The fraction of sp³-hybridized carbons (Fsp3) is 0.588. The van der Waals surface area contributed by atoms with Gasteiger partial charge in [-0.2, -0.15) is 4.98 Å². The maximum Gasteiger partial charge on any atom is 0.298 e. The van der Waals surface area contributed by atoms with Gasteiger partial charge in [0.05, 0.1) is 0 Å². The van der Waals surface area contributed by atoms with Crippen molar-refractivity contribution in [2.24, 2.45) is 0 Å². The van der Waals surface area contributed by atoms with Crippen LogP contribution in [0.2, 0.25) is 0 Å². The molecule has 0 bridgehead atoms. The number of aromatic nitrogens is 1. The molecule has 4 heteroatoms. The molecule has 1 fully saturated rings. The topological polar surface area (TPSA) is 41.3 Å². The van der Waals surface area contributed by atoms with Gasteiger partial charge in [-0.15, -0.1) is 0 Å². The van der Waals surface area contributed by atoms with E-state index in [1.807, 2.05) is 24.3 Å². The molecule has 4 nitrogen and oxygen atoms in total. The molecule has 1 N–H and O–H groups in total. The number of nitrogens with zero attached hydrogens (tertiary/aromatic N) is 2. The Balaban J connectivity index is 1.82. The van der Waals surface area contributed by atoms with Crippen molar-refractivity contribution in [3.63, 3.8) is 0 Å². The first-order valence-corrected chi connectivity index (χ1v) is 8.15. The zero-order valence-electron chi connectivity index (χ0n) is 13.0. The van der Waals surface area contributed by atoms with E-state index < -0.39 is 0 Å². The Labute approximate surface area is 126 Å². The van der Waals surface area contributed by atoms with Crippen molar-refractivity contribution in [1.29, 1.82) is 0 Å². The summed E-state index contributed by atoms with van der Waals surface area (Å²) < 4.78 is 5.98. The first-order valence-electron chi connectivity index (χ1n) is 8.15. The standard InChI is InChI=1S/C17H25N3O/c1-3-11-18-13(2)15-9-6-7-12-20(15)17-19-14-8-4-5-10-16(14)21-17/h4-5,8,10,13,15,18H,3,6-7,9,11-12H2,1-2H3. The second kappa shape index (κ2) is 6.48. The lowest BCUT2D eigenvalue weighted by Gasteiger charge is -2.38. The quantitative estimate of drug-likeness (QED) is 0.912. The number of piperidine rings is 1. The molecular weight excluding hydrogens is 262 g/mol. The lowest BCUT2D eigenvalue weighted by molar-refractivity contribution is 0.350. The lowest BCUT2D eigenvalue weighted by Crippen LogP contribution is -2.51. The van der Waals surface area contributed by atoms with Crippen LogP contribution >= 0.6 is 0 Å². The molecule has 21 heavy (non-hydrogen) atoms. The van der Waals surface area contributed by atoms with Crippen molar-refractivity contribution in [3.8, 4) is 0 Å². The van der Waals surface area contributed by atoms with Crippen LogP contribution in [-0.4, -0.2) is 30.2 Å². The summed E-state index contributed by atoms with van der Waals surface area (Å²) in [5.41, 5.74) is 1.83. The van der Waals surface area contributed by atoms with Crippen molar-refractivity contribution >= 4 is 17.1 Å². The smallest absolute Gasteiger partial charge is 0.298 e. The van der Waals surface area contributed by atoms with Crippen molar-refractivity contribution in [3.05, 3.63) is 24.3 Å². The third-order valence-corrected chi connectivity index (χ3v) is 4.37. The molecule has 0 spiro atoms. The number of hydrogen-bond acceptors (Lipinski definition) is 4. The van der Waals surface area contributed by atoms with Gasteiger partial charge in [-0.25, -0.2) is 0 Å². The number of anilines is 1. The van der Waals surface area contributed by atoms with Crippen LogP contribution in [0.3, 0.4) is 0 Å². The van der Waals surface area contributed by atoms with E-state index in [4.69, 9.17) is 4.42 Å². The highest BCUT2D eigenvalue weighted by atomic mass is 16.4. The summed E-state index contributed by atoms with van der Waals surface area (Å²) in [6.45, 7) is 6.59. The van der Waals surface area contributed by atoms with Gasteiger partial charge >= 0.3 is 0 Å². The molecule has 2 aromatic rings. The highest BCUT2D eigenvalue weighted by Crippen LogP contribution is 2.28. The van der Waals surface area contributed by atoms with Crippen LogP contribution in [0.25, 0.3) is 11.1 Å². The second-order valence-corrected chi connectivity index (χ2v) is 5.96. The Morgan fingerprint density at radius 3 is 3.05 bits per heavy atom. The maximum absolute atomic E-state index is 5.98. The van der Waals surface area contributed by atoms with Gasteiger partial charge in [0, 0.05) is 18.6 Å². The van der Waals surface area contributed by atoms with Crippen LogP contribution in [-0.2, 0) is 0 Å². The second-order valence-electron chi connectivity index (χ2n) is 5.96. The van der Waals surface area contributed by atoms with E-state index in [1.165, 1.54) is 25.7 Å². The average molecular weight is 287 g/mol. The van der Waals surface area contributed by atoms with Gasteiger partial charge < -0.3 is 14.6 Å². The summed E-state index contributed by atoms with van der Waals surface area (Å²) in [6, 6.07) is 9.72.